The molecule has 0 saturated carbocycles. The minimum Gasteiger partial charge on any atom is -0.321 e. The molecule has 0 aliphatic rings. The summed E-state index contributed by atoms with van der Waals surface area (Å²) in [6.45, 7) is 2.49. The first-order valence-corrected chi connectivity index (χ1v) is 6.86. The quantitative estimate of drug-likeness (QED) is 0.942. The summed E-state index contributed by atoms with van der Waals surface area (Å²) in [4.78, 5) is 23.7. The molecular formula is C15H14ClFN2O2. The van der Waals surface area contributed by atoms with Crippen molar-refractivity contribution in [3.8, 4) is 0 Å². The molecule has 2 rings (SSSR count). The van der Waals surface area contributed by atoms with E-state index in [1.165, 1.54) is 41.1 Å². The normalized spacial score (nSPS) is 10.4. The zero-order valence-electron chi connectivity index (χ0n) is 11.4. The second kappa shape index (κ2) is 6.54. The highest BCUT2D eigenvalue weighted by molar-refractivity contribution is 6.34. The summed E-state index contributed by atoms with van der Waals surface area (Å²) in [6, 6.07) is 6.86. The van der Waals surface area contributed by atoms with Gasteiger partial charge in [0.25, 0.3) is 11.5 Å². The standard InChI is InChI=1S/C15H14ClFN2O2/c1-2-8-19-9-10(6-7-13(19)20)18-15(21)14-11(16)4-3-5-12(14)17/h3-7,9H,2,8H2,1H3,(H,18,21). The Labute approximate surface area is 126 Å². The average Bonchev–Trinajstić information content (AvgIpc) is 2.42. The first-order chi connectivity index (χ1) is 10.0. The Morgan fingerprint density at radius 2 is 2.10 bits per heavy atom. The summed E-state index contributed by atoms with van der Waals surface area (Å²) in [5, 5.41) is 2.58. The van der Waals surface area contributed by atoms with Crippen LogP contribution in [0.3, 0.4) is 0 Å². The fourth-order valence-electron chi connectivity index (χ4n) is 1.93. The number of carbonyl (C=O) groups is 1. The third-order valence-electron chi connectivity index (χ3n) is 2.90. The van der Waals surface area contributed by atoms with Gasteiger partial charge in [0, 0.05) is 18.8 Å². The van der Waals surface area contributed by atoms with E-state index in [0.29, 0.717) is 12.2 Å². The van der Waals surface area contributed by atoms with Crippen LogP contribution in [-0.4, -0.2) is 10.5 Å². The van der Waals surface area contributed by atoms with Crippen LogP contribution in [0.25, 0.3) is 0 Å². The smallest absolute Gasteiger partial charge is 0.260 e. The largest absolute Gasteiger partial charge is 0.321 e. The van der Waals surface area contributed by atoms with Gasteiger partial charge in [-0.05, 0) is 24.6 Å². The highest BCUT2D eigenvalue weighted by Crippen LogP contribution is 2.20. The van der Waals surface area contributed by atoms with Gasteiger partial charge < -0.3 is 9.88 Å². The predicted molar refractivity (Wildman–Crippen MR) is 80.4 cm³/mol. The van der Waals surface area contributed by atoms with Crippen LogP contribution in [0.2, 0.25) is 5.02 Å². The van der Waals surface area contributed by atoms with Crippen molar-refractivity contribution in [2.24, 2.45) is 0 Å². The van der Waals surface area contributed by atoms with Gasteiger partial charge in [-0.3, -0.25) is 9.59 Å². The van der Waals surface area contributed by atoms with Crippen LogP contribution in [-0.2, 0) is 6.54 Å². The molecule has 1 N–H and O–H groups in total. The second-order valence-electron chi connectivity index (χ2n) is 4.50. The van der Waals surface area contributed by atoms with E-state index in [2.05, 4.69) is 5.32 Å². The number of nitrogens with zero attached hydrogens (tertiary/aromatic N) is 1. The third-order valence-corrected chi connectivity index (χ3v) is 3.21. The number of halogens is 2. The number of pyridine rings is 1. The molecule has 0 fully saturated rings. The van der Waals surface area contributed by atoms with Crippen LogP contribution in [0, 0.1) is 5.82 Å². The highest BCUT2D eigenvalue weighted by Gasteiger charge is 2.16. The Hall–Kier alpha value is -2.14. The predicted octanol–water partition coefficient (Wildman–Crippen LogP) is 3.30. The summed E-state index contributed by atoms with van der Waals surface area (Å²) in [5.74, 6) is -1.35. The maximum atomic E-state index is 13.7. The van der Waals surface area contributed by atoms with Crippen LogP contribution in [0.5, 0.6) is 0 Å². The van der Waals surface area contributed by atoms with E-state index in [9.17, 15) is 14.0 Å². The van der Waals surface area contributed by atoms with E-state index < -0.39 is 11.7 Å². The molecule has 0 bridgehead atoms. The average molecular weight is 309 g/mol. The Balaban J connectivity index is 2.28. The number of nitrogens with one attached hydrogen (secondary N) is 1. The molecule has 0 saturated heterocycles. The van der Waals surface area contributed by atoms with Gasteiger partial charge in [0.1, 0.15) is 5.82 Å². The molecule has 2 aromatic rings. The third kappa shape index (κ3) is 3.49. The zero-order chi connectivity index (χ0) is 15.4. The van der Waals surface area contributed by atoms with Crippen LogP contribution in [0.4, 0.5) is 10.1 Å². The van der Waals surface area contributed by atoms with Crippen molar-refractivity contribution >= 4 is 23.2 Å². The molecule has 110 valence electrons. The number of hydrogen-bond donors (Lipinski definition) is 1. The van der Waals surface area contributed by atoms with E-state index in [-0.39, 0.29) is 16.1 Å². The molecule has 0 aliphatic carbocycles. The van der Waals surface area contributed by atoms with Gasteiger partial charge in [0.15, 0.2) is 0 Å². The minimum absolute atomic E-state index is 0.0365. The van der Waals surface area contributed by atoms with Crippen molar-refractivity contribution in [2.75, 3.05) is 5.32 Å². The molecule has 0 aliphatic heterocycles. The number of anilines is 1. The van der Waals surface area contributed by atoms with Crippen LogP contribution in [0.1, 0.15) is 23.7 Å². The van der Waals surface area contributed by atoms with Gasteiger partial charge in [0.05, 0.1) is 16.3 Å². The molecule has 1 heterocycles. The number of amides is 1. The molecule has 0 radical (unpaired) electrons. The number of benzene rings is 1. The molecule has 4 nitrogen and oxygen atoms in total. The second-order valence-corrected chi connectivity index (χ2v) is 4.91. The molecule has 0 atom stereocenters. The van der Waals surface area contributed by atoms with Crippen LogP contribution in [0.15, 0.2) is 41.3 Å². The topological polar surface area (TPSA) is 51.1 Å². The monoisotopic (exact) mass is 308 g/mol. The van der Waals surface area contributed by atoms with Crippen molar-refractivity contribution in [1.82, 2.24) is 4.57 Å². The summed E-state index contributed by atoms with van der Waals surface area (Å²) >= 11 is 5.84. The maximum Gasteiger partial charge on any atom is 0.260 e. The molecule has 6 heteroatoms. The number of carbonyl (C=O) groups excluding carboxylic acids is 1. The van der Waals surface area contributed by atoms with Crippen molar-refractivity contribution in [3.63, 3.8) is 0 Å². The first kappa shape index (κ1) is 15.3. The van der Waals surface area contributed by atoms with Gasteiger partial charge in [-0.25, -0.2) is 4.39 Å². The molecule has 1 amide bonds. The number of rotatable bonds is 4. The molecular weight excluding hydrogens is 295 g/mol. The lowest BCUT2D eigenvalue weighted by atomic mass is 10.2. The SMILES string of the molecule is CCCn1cc(NC(=O)c2c(F)cccc2Cl)ccc1=O. The number of hydrogen-bond acceptors (Lipinski definition) is 2. The molecule has 1 aromatic heterocycles. The summed E-state index contributed by atoms with van der Waals surface area (Å²) in [5.41, 5.74) is 0.0403. The summed E-state index contributed by atoms with van der Waals surface area (Å²) in [7, 11) is 0. The molecule has 0 spiro atoms. The number of aromatic nitrogens is 1. The first-order valence-electron chi connectivity index (χ1n) is 6.48. The van der Waals surface area contributed by atoms with E-state index in [0.717, 1.165) is 6.42 Å². The van der Waals surface area contributed by atoms with Crippen LogP contribution < -0.4 is 10.9 Å². The highest BCUT2D eigenvalue weighted by atomic mass is 35.5. The molecule has 1 aromatic carbocycles. The summed E-state index contributed by atoms with van der Waals surface area (Å²) in [6.07, 6.45) is 2.31. The maximum absolute atomic E-state index is 13.7. The van der Waals surface area contributed by atoms with E-state index in [1.807, 2.05) is 6.92 Å². The fraction of sp³-hybridized carbons (Fsp3) is 0.200. The lowest BCUT2D eigenvalue weighted by Crippen LogP contribution is -2.21. The van der Waals surface area contributed by atoms with Crippen molar-refractivity contribution in [2.45, 2.75) is 19.9 Å². The zero-order valence-corrected chi connectivity index (χ0v) is 12.2. The number of aryl methyl sites for hydroxylation is 1. The Morgan fingerprint density at radius 1 is 1.33 bits per heavy atom. The van der Waals surface area contributed by atoms with Gasteiger partial charge >= 0.3 is 0 Å². The Bertz CT molecular complexity index is 708. The fourth-order valence-corrected chi connectivity index (χ4v) is 2.18. The summed E-state index contributed by atoms with van der Waals surface area (Å²) < 4.78 is 15.2. The van der Waals surface area contributed by atoms with Gasteiger partial charge in [0.2, 0.25) is 0 Å². The van der Waals surface area contributed by atoms with Crippen LogP contribution >= 0.6 is 11.6 Å². The van der Waals surface area contributed by atoms with Gasteiger partial charge in [-0.1, -0.05) is 24.6 Å². The van der Waals surface area contributed by atoms with Crippen molar-refractivity contribution in [1.29, 1.82) is 0 Å². The minimum atomic E-state index is -0.693. The van der Waals surface area contributed by atoms with Crippen molar-refractivity contribution < 1.29 is 9.18 Å². The Morgan fingerprint density at radius 3 is 2.76 bits per heavy atom. The molecule has 21 heavy (non-hydrogen) atoms. The lowest BCUT2D eigenvalue weighted by Gasteiger charge is -2.10. The lowest BCUT2D eigenvalue weighted by molar-refractivity contribution is 0.102. The van der Waals surface area contributed by atoms with E-state index >= 15 is 0 Å². The molecule has 0 unspecified atom stereocenters. The van der Waals surface area contributed by atoms with E-state index in [4.69, 9.17) is 11.6 Å². The van der Waals surface area contributed by atoms with Crippen molar-refractivity contribution in [3.05, 3.63) is 63.3 Å². The van der Waals surface area contributed by atoms with E-state index in [1.54, 1.807) is 0 Å². The van der Waals surface area contributed by atoms with Gasteiger partial charge in [-0.2, -0.15) is 0 Å². The van der Waals surface area contributed by atoms with Gasteiger partial charge in [-0.15, -0.1) is 0 Å². The Kier molecular flexibility index (Phi) is 4.75.